The molecule has 1 saturated heterocycles. The molecule has 1 N–H and O–H groups in total. The van der Waals surface area contributed by atoms with Crippen molar-refractivity contribution in [1.29, 1.82) is 0 Å². The van der Waals surface area contributed by atoms with Crippen LogP contribution < -0.4 is 10.2 Å². The maximum atomic E-state index is 12.2. The molecule has 9 nitrogen and oxygen atoms in total. The third kappa shape index (κ3) is 3.55. The van der Waals surface area contributed by atoms with Gasteiger partial charge in [-0.2, -0.15) is 10.1 Å². The Hall–Kier alpha value is -2.29. The van der Waals surface area contributed by atoms with Crippen LogP contribution in [0.3, 0.4) is 0 Å². The summed E-state index contributed by atoms with van der Waals surface area (Å²) in [7, 11) is 3.64. The molecular weight excluding hydrogens is 322 g/mol. The van der Waals surface area contributed by atoms with Crippen molar-refractivity contribution in [1.82, 2.24) is 30.1 Å². The maximum absolute atomic E-state index is 12.2. The van der Waals surface area contributed by atoms with Gasteiger partial charge < -0.3 is 19.6 Å². The van der Waals surface area contributed by atoms with E-state index < -0.39 is 0 Å². The molecule has 2 aromatic heterocycles. The van der Waals surface area contributed by atoms with E-state index in [4.69, 9.17) is 16.1 Å². The van der Waals surface area contributed by atoms with E-state index in [1.54, 1.807) is 26.9 Å². The Labute approximate surface area is 138 Å². The van der Waals surface area contributed by atoms with Gasteiger partial charge in [-0.25, -0.2) is 4.79 Å². The van der Waals surface area contributed by atoms with Crippen LogP contribution in [0.25, 0.3) is 0 Å². The zero-order chi connectivity index (χ0) is 16.4. The van der Waals surface area contributed by atoms with Crippen molar-refractivity contribution in [2.24, 2.45) is 0 Å². The van der Waals surface area contributed by atoms with Crippen molar-refractivity contribution in [3.63, 3.8) is 0 Å². The Morgan fingerprint density at radius 3 is 3.04 bits per heavy atom. The Morgan fingerprint density at radius 1 is 1.57 bits per heavy atom. The molecule has 0 aliphatic carbocycles. The van der Waals surface area contributed by atoms with Crippen molar-refractivity contribution in [3.8, 4) is 0 Å². The smallest absolute Gasteiger partial charge is 0.317 e. The third-order valence-corrected chi connectivity index (χ3v) is 3.84. The number of hydrogen-bond acceptors (Lipinski definition) is 6. The first-order valence-electron chi connectivity index (χ1n) is 7.25. The monoisotopic (exact) mass is 339 g/mol. The summed E-state index contributed by atoms with van der Waals surface area (Å²) >= 11 is 5.88. The normalized spacial score (nSPS) is 17.5. The van der Waals surface area contributed by atoms with E-state index in [9.17, 15) is 4.79 Å². The van der Waals surface area contributed by atoms with Crippen LogP contribution in [0.1, 0.15) is 18.4 Å². The Morgan fingerprint density at radius 2 is 2.39 bits per heavy atom. The second-order valence-corrected chi connectivity index (χ2v) is 6.00. The van der Waals surface area contributed by atoms with Crippen LogP contribution in [0.4, 0.5) is 10.7 Å². The minimum absolute atomic E-state index is 0.150. The fraction of sp³-hybridized carbons (Fsp3) is 0.538. The van der Waals surface area contributed by atoms with Gasteiger partial charge >= 0.3 is 6.03 Å². The van der Waals surface area contributed by atoms with Gasteiger partial charge in [-0.3, -0.25) is 4.68 Å². The first-order chi connectivity index (χ1) is 11.0. The molecular formula is C13H18ClN7O2. The van der Waals surface area contributed by atoms with Crippen molar-refractivity contribution in [2.75, 3.05) is 32.1 Å². The molecule has 1 aliphatic heterocycles. The topological polar surface area (TPSA) is 92.3 Å². The minimum atomic E-state index is -0.157. The quantitative estimate of drug-likeness (QED) is 0.898. The summed E-state index contributed by atoms with van der Waals surface area (Å²) in [5.41, 5.74) is 0. The number of nitrogens with one attached hydrogen (secondary N) is 1. The first-order valence-corrected chi connectivity index (χ1v) is 7.63. The van der Waals surface area contributed by atoms with Crippen molar-refractivity contribution in [3.05, 3.63) is 23.3 Å². The highest BCUT2D eigenvalue weighted by atomic mass is 35.5. The summed E-state index contributed by atoms with van der Waals surface area (Å²) in [6.45, 7) is 1.46. The standard InChI is InChI=1S/C13H18ClN7O2/c1-19(2)12-17-11(23-18-12)6-15-13(22)20-4-3-10(8-20)21-7-9(14)5-16-21/h5,7,10H,3-4,6,8H2,1-2H3,(H,15,22). The summed E-state index contributed by atoms with van der Waals surface area (Å²) in [6, 6.07) is -0.00708. The fourth-order valence-corrected chi connectivity index (χ4v) is 2.56. The molecule has 0 spiro atoms. The number of carbonyl (C=O) groups is 1. The van der Waals surface area contributed by atoms with E-state index in [1.807, 2.05) is 14.1 Å². The summed E-state index contributed by atoms with van der Waals surface area (Å²) in [5, 5.41) is 11.4. The first kappa shape index (κ1) is 15.6. The summed E-state index contributed by atoms with van der Waals surface area (Å²) in [6.07, 6.45) is 4.22. The predicted octanol–water partition coefficient (Wildman–Crippen LogP) is 1.14. The lowest BCUT2D eigenvalue weighted by Crippen LogP contribution is -2.38. The molecule has 0 radical (unpaired) electrons. The summed E-state index contributed by atoms with van der Waals surface area (Å²) in [4.78, 5) is 19.8. The average molecular weight is 340 g/mol. The van der Waals surface area contributed by atoms with Crippen LogP contribution in [0.2, 0.25) is 5.02 Å². The second-order valence-electron chi connectivity index (χ2n) is 5.57. The van der Waals surface area contributed by atoms with Gasteiger partial charge in [0.2, 0.25) is 5.89 Å². The van der Waals surface area contributed by atoms with Gasteiger partial charge in [-0.1, -0.05) is 11.6 Å². The van der Waals surface area contributed by atoms with Gasteiger partial charge in [0.15, 0.2) is 0 Å². The number of nitrogens with zero attached hydrogens (tertiary/aromatic N) is 6. The number of amides is 2. The zero-order valence-electron chi connectivity index (χ0n) is 12.9. The highest BCUT2D eigenvalue weighted by Gasteiger charge is 2.28. The Balaban J connectivity index is 1.51. The molecule has 10 heteroatoms. The molecule has 1 unspecified atom stereocenters. The van der Waals surface area contributed by atoms with Gasteiger partial charge in [0.1, 0.15) is 0 Å². The fourth-order valence-electron chi connectivity index (χ4n) is 2.42. The summed E-state index contributed by atoms with van der Waals surface area (Å²) in [5.74, 6) is 0.850. The lowest BCUT2D eigenvalue weighted by molar-refractivity contribution is 0.204. The SMILES string of the molecule is CN(C)c1noc(CNC(=O)N2CCC(n3cc(Cl)cn3)C2)n1. The van der Waals surface area contributed by atoms with Crippen molar-refractivity contribution >= 4 is 23.6 Å². The number of urea groups is 1. The largest absolute Gasteiger partial charge is 0.344 e. The molecule has 0 bridgehead atoms. The molecule has 23 heavy (non-hydrogen) atoms. The van der Waals surface area contributed by atoms with E-state index >= 15 is 0 Å². The predicted molar refractivity (Wildman–Crippen MR) is 83.3 cm³/mol. The number of carbonyl (C=O) groups excluding carboxylic acids is 1. The third-order valence-electron chi connectivity index (χ3n) is 3.64. The van der Waals surface area contributed by atoms with Gasteiger partial charge in [0.25, 0.3) is 5.95 Å². The number of rotatable bonds is 4. The van der Waals surface area contributed by atoms with E-state index in [1.165, 1.54) is 0 Å². The minimum Gasteiger partial charge on any atom is -0.344 e. The van der Waals surface area contributed by atoms with Crippen molar-refractivity contribution in [2.45, 2.75) is 19.0 Å². The molecule has 1 atom stereocenters. The second kappa shape index (κ2) is 6.45. The molecule has 0 saturated carbocycles. The van der Waals surface area contributed by atoms with E-state index in [0.29, 0.717) is 30.0 Å². The summed E-state index contributed by atoms with van der Waals surface area (Å²) < 4.78 is 6.87. The van der Waals surface area contributed by atoms with Gasteiger partial charge in [0.05, 0.1) is 23.8 Å². The number of likely N-dealkylation sites (tertiary alicyclic amines) is 1. The Bertz CT molecular complexity index is 683. The van der Waals surface area contributed by atoms with E-state index in [2.05, 4.69) is 20.6 Å². The van der Waals surface area contributed by atoms with Gasteiger partial charge in [-0.15, -0.1) is 0 Å². The van der Waals surface area contributed by atoms with Crippen LogP contribution in [0.15, 0.2) is 16.9 Å². The number of halogens is 1. The van der Waals surface area contributed by atoms with Crippen LogP contribution >= 0.6 is 11.6 Å². The molecule has 1 aliphatic rings. The van der Waals surface area contributed by atoms with E-state index in [-0.39, 0.29) is 18.6 Å². The number of anilines is 1. The molecule has 124 valence electrons. The lowest BCUT2D eigenvalue weighted by atomic mass is 10.3. The van der Waals surface area contributed by atoms with Crippen LogP contribution in [0, 0.1) is 0 Å². The Kier molecular flexibility index (Phi) is 4.37. The zero-order valence-corrected chi connectivity index (χ0v) is 13.7. The van der Waals surface area contributed by atoms with Crippen LogP contribution in [-0.2, 0) is 6.54 Å². The number of hydrogen-bond donors (Lipinski definition) is 1. The van der Waals surface area contributed by atoms with E-state index in [0.717, 1.165) is 6.42 Å². The lowest BCUT2D eigenvalue weighted by Gasteiger charge is -2.16. The van der Waals surface area contributed by atoms with Gasteiger partial charge in [0, 0.05) is 33.4 Å². The average Bonchev–Trinajstić information content (AvgIpc) is 3.24. The highest BCUT2D eigenvalue weighted by Crippen LogP contribution is 2.22. The van der Waals surface area contributed by atoms with Gasteiger partial charge in [-0.05, 0) is 11.6 Å². The number of aromatic nitrogens is 4. The highest BCUT2D eigenvalue weighted by molar-refractivity contribution is 6.30. The molecule has 1 fully saturated rings. The molecule has 3 heterocycles. The molecule has 0 aromatic carbocycles. The van der Waals surface area contributed by atoms with Crippen LogP contribution in [0.5, 0.6) is 0 Å². The molecule has 2 amide bonds. The molecule has 3 rings (SSSR count). The molecule has 2 aromatic rings. The maximum Gasteiger partial charge on any atom is 0.317 e. The van der Waals surface area contributed by atoms with Crippen LogP contribution in [-0.4, -0.2) is 58.0 Å². The van der Waals surface area contributed by atoms with Crippen molar-refractivity contribution < 1.29 is 9.32 Å².